The van der Waals surface area contributed by atoms with Crippen molar-refractivity contribution >= 4 is 26.0 Å². The topological polar surface area (TPSA) is 66.4 Å². The van der Waals surface area contributed by atoms with Crippen LogP contribution in [0.5, 0.6) is 0 Å². The molecule has 0 aliphatic heterocycles. The van der Waals surface area contributed by atoms with E-state index in [1.54, 1.807) is 24.3 Å². The van der Waals surface area contributed by atoms with Gasteiger partial charge in [0.1, 0.15) is 0 Å². The van der Waals surface area contributed by atoms with Gasteiger partial charge in [-0.05, 0) is 49.3 Å². The molecule has 1 saturated carbocycles. The molecule has 21 heavy (non-hydrogen) atoms. The highest BCUT2D eigenvalue weighted by molar-refractivity contribution is 9.08. The van der Waals surface area contributed by atoms with Gasteiger partial charge in [0.25, 0.3) is 0 Å². The minimum Gasteiger partial charge on any atom is -0.389 e. The molecule has 1 aromatic rings. The molecule has 0 bridgehead atoms. The Morgan fingerprint density at radius 3 is 2.38 bits per heavy atom. The first-order chi connectivity index (χ1) is 9.85. The first-order valence-electron chi connectivity index (χ1n) is 7.22. The Kier molecular flexibility index (Phi) is 5.46. The molecule has 1 aliphatic rings. The molecular formula is C15H22BrNO3S. The molecule has 2 rings (SSSR count). The van der Waals surface area contributed by atoms with Gasteiger partial charge in [0.05, 0.1) is 10.5 Å². The number of benzene rings is 1. The van der Waals surface area contributed by atoms with E-state index in [1.165, 1.54) is 0 Å². The van der Waals surface area contributed by atoms with E-state index in [1.807, 2.05) is 0 Å². The molecule has 6 heteroatoms. The number of sulfonamides is 1. The van der Waals surface area contributed by atoms with Gasteiger partial charge < -0.3 is 5.11 Å². The van der Waals surface area contributed by atoms with Crippen LogP contribution in [0.2, 0.25) is 0 Å². The van der Waals surface area contributed by atoms with E-state index >= 15 is 0 Å². The molecule has 1 aliphatic carbocycles. The van der Waals surface area contributed by atoms with Crippen molar-refractivity contribution < 1.29 is 13.5 Å². The zero-order valence-corrected chi connectivity index (χ0v) is 14.6. The molecule has 0 aromatic heterocycles. The lowest BCUT2D eigenvalue weighted by atomic mass is 9.80. The van der Waals surface area contributed by atoms with Crippen molar-refractivity contribution in [2.45, 2.75) is 48.4 Å². The Hall–Kier alpha value is -0.430. The van der Waals surface area contributed by atoms with Crippen LogP contribution in [0.1, 0.15) is 38.2 Å². The summed E-state index contributed by atoms with van der Waals surface area (Å²) >= 11 is 3.33. The highest BCUT2D eigenvalue weighted by Gasteiger charge is 2.33. The highest BCUT2D eigenvalue weighted by Crippen LogP contribution is 2.31. The maximum Gasteiger partial charge on any atom is 0.240 e. The minimum absolute atomic E-state index is 0.0856. The number of hydrogen-bond donors (Lipinski definition) is 2. The average molecular weight is 376 g/mol. The maximum absolute atomic E-state index is 12.2. The smallest absolute Gasteiger partial charge is 0.240 e. The molecular weight excluding hydrogens is 354 g/mol. The van der Waals surface area contributed by atoms with Gasteiger partial charge >= 0.3 is 0 Å². The van der Waals surface area contributed by atoms with E-state index in [2.05, 4.69) is 27.6 Å². The Morgan fingerprint density at radius 1 is 1.29 bits per heavy atom. The van der Waals surface area contributed by atoms with Crippen LogP contribution < -0.4 is 4.72 Å². The van der Waals surface area contributed by atoms with Gasteiger partial charge in [-0.25, -0.2) is 13.1 Å². The standard InChI is InChI=1S/C15H22BrNO3S/c1-12-6-8-15(18,9-7-12)11-17-21(19,20)14-4-2-13(10-16)3-5-14/h2-5,12,17-18H,6-11H2,1H3. The Labute approximate surface area is 135 Å². The van der Waals surface area contributed by atoms with Gasteiger partial charge in [0.15, 0.2) is 0 Å². The second-order valence-corrected chi connectivity index (χ2v) is 8.34. The number of hydrogen-bond acceptors (Lipinski definition) is 3. The van der Waals surface area contributed by atoms with Crippen LogP contribution >= 0.6 is 15.9 Å². The molecule has 0 unspecified atom stereocenters. The first kappa shape index (κ1) is 16.9. The van der Waals surface area contributed by atoms with Crippen molar-refractivity contribution in [2.24, 2.45) is 5.92 Å². The van der Waals surface area contributed by atoms with E-state index in [0.717, 1.165) is 18.4 Å². The molecule has 0 saturated heterocycles. The molecule has 0 spiro atoms. The summed E-state index contributed by atoms with van der Waals surface area (Å²) in [5.41, 5.74) is 0.115. The number of nitrogens with one attached hydrogen (secondary N) is 1. The first-order valence-corrected chi connectivity index (χ1v) is 9.82. The fraction of sp³-hybridized carbons (Fsp3) is 0.600. The number of aliphatic hydroxyl groups is 1. The zero-order valence-electron chi connectivity index (χ0n) is 12.2. The second-order valence-electron chi connectivity index (χ2n) is 6.01. The summed E-state index contributed by atoms with van der Waals surface area (Å²) in [4.78, 5) is 0.236. The molecule has 0 heterocycles. The predicted octanol–water partition coefficient (Wildman–Crippen LogP) is 2.80. The van der Waals surface area contributed by atoms with Gasteiger partial charge in [0.2, 0.25) is 10.0 Å². The van der Waals surface area contributed by atoms with Crippen molar-refractivity contribution in [1.29, 1.82) is 0 Å². The van der Waals surface area contributed by atoms with Gasteiger partial charge in [-0.2, -0.15) is 0 Å². The van der Waals surface area contributed by atoms with Crippen LogP contribution in [0.3, 0.4) is 0 Å². The Bertz CT molecular complexity index is 563. The molecule has 4 nitrogen and oxygen atoms in total. The van der Waals surface area contributed by atoms with E-state index < -0.39 is 15.6 Å². The van der Waals surface area contributed by atoms with E-state index in [-0.39, 0.29) is 11.4 Å². The summed E-state index contributed by atoms with van der Waals surface area (Å²) in [7, 11) is -3.56. The van der Waals surface area contributed by atoms with Crippen molar-refractivity contribution in [3.63, 3.8) is 0 Å². The molecule has 0 atom stereocenters. The van der Waals surface area contributed by atoms with Crippen LogP contribution in [0, 0.1) is 5.92 Å². The summed E-state index contributed by atoms with van der Waals surface area (Å²) in [5.74, 6) is 0.610. The third-order valence-corrected chi connectivity index (χ3v) is 6.25. The number of alkyl halides is 1. The second kappa shape index (κ2) is 6.77. The van der Waals surface area contributed by atoms with Gasteiger partial charge in [-0.3, -0.25) is 0 Å². The normalized spacial score (nSPS) is 26.7. The third kappa shape index (κ3) is 4.52. The van der Waals surface area contributed by atoms with E-state index in [4.69, 9.17) is 0 Å². The molecule has 118 valence electrons. The Balaban J connectivity index is 2.00. The molecule has 1 fully saturated rings. The van der Waals surface area contributed by atoms with Crippen LogP contribution in [0.25, 0.3) is 0 Å². The fourth-order valence-electron chi connectivity index (χ4n) is 2.55. The van der Waals surface area contributed by atoms with Crippen molar-refractivity contribution in [3.05, 3.63) is 29.8 Å². The number of halogens is 1. The fourth-order valence-corrected chi connectivity index (χ4v) is 4.04. The largest absolute Gasteiger partial charge is 0.389 e. The average Bonchev–Trinajstić information content (AvgIpc) is 2.49. The molecule has 0 amide bonds. The minimum atomic E-state index is -3.56. The maximum atomic E-state index is 12.2. The highest BCUT2D eigenvalue weighted by atomic mass is 79.9. The van der Waals surface area contributed by atoms with Crippen LogP contribution in [0.4, 0.5) is 0 Å². The lowest BCUT2D eigenvalue weighted by Crippen LogP contribution is -2.45. The quantitative estimate of drug-likeness (QED) is 0.777. The van der Waals surface area contributed by atoms with Crippen molar-refractivity contribution in [3.8, 4) is 0 Å². The van der Waals surface area contributed by atoms with Crippen molar-refractivity contribution in [1.82, 2.24) is 4.72 Å². The van der Waals surface area contributed by atoms with Crippen molar-refractivity contribution in [2.75, 3.05) is 6.54 Å². The monoisotopic (exact) mass is 375 g/mol. The van der Waals surface area contributed by atoms with Crippen LogP contribution in [-0.2, 0) is 15.4 Å². The Morgan fingerprint density at radius 2 is 1.86 bits per heavy atom. The predicted molar refractivity (Wildman–Crippen MR) is 86.8 cm³/mol. The third-order valence-electron chi connectivity index (χ3n) is 4.18. The lowest BCUT2D eigenvalue weighted by Gasteiger charge is -2.34. The number of rotatable bonds is 5. The molecule has 1 aromatic carbocycles. The lowest BCUT2D eigenvalue weighted by molar-refractivity contribution is -0.00182. The summed E-state index contributed by atoms with van der Waals surface area (Å²) in [6.07, 6.45) is 3.19. The summed E-state index contributed by atoms with van der Waals surface area (Å²) in [6.45, 7) is 2.25. The van der Waals surface area contributed by atoms with E-state index in [0.29, 0.717) is 24.1 Å². The van der Waals surface area contributed by atoms with E-state index in [9.17, 15) is 13.5 Å². The molecule has 0 radical (unpaired) electrons. The van der Waals surface area contributed by atoms with Crippen LogP contribution in [-0.4, -0.2) is 25.7 Å². The summed E-state index contributed by atoms with van der Waals surface area (Å²) in [6, 6.07) is 6.73. The summed E-state index contributed by atoms with van der Waals surface area (Å²) < 4.78 is 27.0. The molecule has 2 N–H and O–H groups in total. The SMILES string of the molecule is CC1CCC(O)(CNS(=O)(=O)c2ccc(CBr)cc2)CC1. The van der Waals surface area contributed by atoms with Gasteiger partial charge in [-0.15, -0.1) is 0 Å². The zero-order chi connectivity index (χ0) is 15.5. The van der Waals surface area contributed by atoms with Gasteiger partial charge in [0, 0.05) is 11.9 Å². The van der Waals surface area contributed by atoms with Crippen LogP contribution in [0.15, 0.2) is 29.2 Å². The summed E-state index contributed by atoms with van der Waals surface area (Å²) in [5, 5.41) is 11.1. The van der Waals surface area contributed by atoms with Gasteiger partial charge in [-0.1, -0.05) is 35.0 Å².